The monoisotopic (exact) mass is 395 g/mol. The summed E-state index contributed by atoms with van der Waals surface area (Å²) in [5.74, 6) is -0.839. The van der Waals surface area contributed by atoms with Crippen LogP contribution in [-0.4, -0.2) is 33.4 Å². The molecule has 1 atom stereocenters. The van der Waals surface area contributed by atoms with Crippen molar-refractivity contribution in [1.82, 2.24) is 4.57 Å². The van der Waals surface area contributed by atoms with Gasteiger partial charge in [0.05, 0.1) is 5.56 Å². The van der Waals surface area contributed by atoms with Gasteiger partial charge in [0.25, 0.3) is 0 Å². The summed E-state index contributed by atoms with van der Waals surface area (Å²) in [6.45, 7) is 3.47. The zero-order valence-electron chi connectivity index (χ0n) is 16.0. The van der Waals surface area contributed by atoms with Crippen LogP contribution in [-0.2, 0) is 15.5 Å². The molecule has 0 fully saturated rings. The summed E-state index contributed by atoms with van der Waals surface area (Å²) < 4.78 is 18.6. The molecule has 0 saturated carbocycles. The molecule has 3 rings (SSSR count). The normalized spacial score (nSPS) is 11.8. The molecule has 0 aliphatic heterocycles. The highest BCUT2D eigenvalue weighted by molar-refractivity contribution is 7.84. The van der Waals surface area contributed by atoms with Crippen molar-refractivity contribution in [3.8, 4) is 5.69 Å². The first-order valence-corrected chi connectivity index (χ1v) is 10.3. The van der Waals surface area contributed by atoms with Crippen LogP contribution in [0.3, 0.4) is 0 Å². The lowest BCUT2D eigenvalue weighted by molar-refractivity contribution is 0.0474. The van der Waals surface area contributed by atoms with Gasteiger partial charge in [0.2, 0.25) is 5.78 Å². The third-order valence-electron chi connectivity index (χ3n) is 4.50. The van der Waals surface area contributed by atoms with Crippen molar-refractivity contribution in [3.63, 3.8) is 0 Å². The van der Waals surface area contributed by atoms with E-state index in [0.717, 1.165) is 17.1 Å². The van der Waals surface area contributed by atoms with Gasteiger partial charge in [-0.3, -0.25) is 9.00 Å². The number of hydrogen-bond donors (Lipinski definition) is 0. The quantitative estimate of drug-likeness (QED) is 0.469. The average molecular weight is 395 g/mol. The smallest absolute Gasteiger partial charge is 0.338 e. The molecule has 1 unspecified atom stereocenters. The summed E-state index contributed by atoms with van der Waals surface area (Å²) >= 11 is 0. The molecule has 3 aromatic rings. The third kappa shape index (κ3) is 4.12. The van der Waals surface area contributed by atoms with Crippen LogP contribution in [0.25, 0.3) is 5.69 Å². The molecule has 2 aromatic carbocycles. The molecule has 28 heavy (non-hydrogen) atoms. The van der Waals surface area contributed by atoms with Gasteiger partial charge in [0.1, 0.15) is 0 Å². The lowest BCUT2D eigenvalue weighted by Crippen LogP contribution is -2.15. The van der Waals surface area contributed by atoms with Crippen LogP contribution < -0.4 is 0 Å². The largest absolute Gasteiger partial charge is 0.454 e. The number of nitrogens with zero attached hydrogens (tertiary/aromatic N) is 1. The number of aromatic nitrogens is 1. The maximum absolute atomic E-state index is 12.6. The fraction of sp³-hybridized carbons (Fsp3) is 0.182. The Bertz CT molecular complexity index is 1040. The molecular weight excluding hydrogens is 374 g/mol. The van der Waals surface area contributed by atoms with Crippen LogP contribution in [0.15, 0.2) is 65.6 Å². The van der Waals surface area contributed by atoms with Gasteiger partial charge < -0.3 is 9.30 Å². The summed E-state index contributed by atoms with van der Waals surface area (Å²) in [6.07, 6.45) is 1.57. The molecule has 1 heterocycles. The number of aryl methyl sites for hydroxylation is 1. The second kappa shape index (κ2) is 8.35. The van der Waals surface area contributed by atoms with Gasteiger partial charge >= 0.3 is 5.97 Å². The van der Waals surface area contributed by atoms with Crippen molar-refractivity contribution < 1.29 is 18.5 Å². The maximum atomic E-state index is 12.6. The Morgan fingerprint density at radius 3 is 2.25 bits per heavy atom. The van der Waals surface area contributed by atoms with Gasteiger partial charge in [-0.05, 0) is 56.3 Å². The molecule has 144 valence electrons. The standard InChI is InChI=1S/C22H21NO4S/c1-15-13-20(16(2)23(15)18-7-5-4-6-8-18)21(24)14-27-22(25)17-9-11-19(12-10-17)28(3)26/h4-13H,14H2,1-3H3. The Balaban J connectivity index is 1.72. The second-order valence-electron chi connectivity index (χ2n) is 6.43. The van der Waals surface area contributed by atoms with Gasteiger partial charge in [-0.25, -0.2) is 4.79 Å². The minimum absolute atomic E-state index is 0.255. The van der Waals surface area contributed by atoms with Crippen LogP contribution in [0.5, 0.6) is 0 Å². The third-order valence-corrected chi connectivity index (χ3v) is 5.44. The molecule has 0 saturated heterocycles. The molecule has 0 amide bonds. The van der Waals surface area contributed by atoms with Crippen LogP contribution in [0.4, 0.5) is 0 Å². The van der Waals surface area contributed by atoms with Crippen molar-refractivity contribution in [2.24, 2.45) is 0 Å². The van der Waals surface area contributed by atoms with Crippen molar-refractivity contribution in [3.05, 3.63) is 83.2 Å². The number of ketones is 1. The van der Waals surface area contributed by atoms with E-state index in [9.17, 15) is 13.8 Å². The van der Waals surface area contributed by atoms with E-state index < -0.39 is 16.8 Å². The van der Waals surface area contributed by atoms with Crippen molar-refractivity contribution in [2.75, 3.05) is 12.9 Å². The van der Waals surface area contributed by atoms with E-state index in [1.54, 1.807) is 30.5 Å². The van der Waals surface area contributed by atoms with Crippen LogP contribution in [0.1, 0.15) is 32.1 Å². The minimum atomic E-state index is -1.11. The lowest BCUT2D eigenvalue weighted by atomic mass is 10.1. The summed E-state index contributed by atoms with van der Waals surface area (Å²) in [6, 6.07) is 17.9. The maximum Gasteiger partial charge on any atom is 0.338 e. The molecule has 0 aliphatic rings. The summed E-state index contributed by atoms with van der Waals surface area (Å²) in [5.41, 5.74) is 3.56. The van der Waals surface area contributed by atoms with E-state index >= 15 is 0 Å². The van der Waals surface area contributed by atoms with Crippen LogP contribution >= 0.6 is 0 Å². The molecule has 5 nitrogen and oxygen atoms in total. The predicted octanol–water partition coefficient (Wildman–Crippen LogP) is 3.87. The zero-order chi connectivity index (χ0) is 20.3. The first-order chi connectivity index (χ1) is 13.4. The molecule has 0 N–H and O–H groups in total. The van der Waals surface area contributed by atoms with Crippen LogP contribution in [0.2, 0.25) is 0 Å². The van der Waals surface area contributed by atoms with E-state index in [1.807, 2.05) is 54.8 Å². The number of carbonyl (C=O) groups is 2. The zero-order valence-corrected chi connectivity index (χ0v) is 16.8. The van der Waals surface area contributed by atoms with Gasteiger partial charge in [-0.1, -0.05) is 18.2 Å². The SMILES string of the molecule is Cc1cc(C(=O)COC(=O)c2ccc(S(C)=O)cc2)c(C)n1-c1ccccc1. The molecule has 1 aromatic heterocycles. The highest BCUT2D eigenvalue weighted by atomic mass is 32.2. The first kappa shape index (κ1) is 19.8. The van der Waals surface area contributed by atoms with E-state index in [1.165, 1.54) is 0 Å². The Morgan fingerprint density at radius 1 is 1.00 bits per heavy atom. The van der Waals surface area contributed by atoms with Gasteiger partial charge in [0, 0.05) is 44.6 Å². The van der Waals surface area contributed by atoms with E-state index in [4.69, 9.17) is 4.74 Å². The summed E-state index contributed by atoms with van der Waals surface area (Å²) in [7, 11) is -1.11. The molecule has 0 spiro atoms. The van der Waals surface area contributed by atoms with Crippen molar-refractivity contribution in [1.29, 1.82) is 0 Å². The number of rotatable bonds is 6. The molecule has 0 radical (unpaired) electrons. The number of esters is 1. The topological polar surface area (TPSA) is 65.4 Å². The van der Waals surface area contributed by atoms with Crippen molar-refractivity contribution >= 4 is 22.6 Å². The Hall–Kier alpha value is -2.99. The molecule has 6 heteroatoms. The van der Waals surface area contributed by atoms with Gasteiger partial charge in [0.15, 0.2) is 6.61 Å². The lowest BCUT2D eigenvalue weighted by Gasteiger charge is -2.09. The highest BCUT2D eigenvalue weighted by Crippen LogP contribution is 2.21. The van der Waals surface area contributed by atoms with Crippen molar-refractivity contribution in [2.45, 2.75) is 18.7 Å². The Morgan fingerprint density at radius 2 is 1.64 bits per heavy atom. The van der Waals surface area contributed by atoms with E-state index in [2.05, 4.69) is 0 Å². The number of para-hydroxylation sites is 1. The number of carbonyl (C=O) groups excluding carboxylic acids is 2. The van der Waals surface area contributed by atoms with Crippen LogP contribution in [0, 0.1) is 13.8 Å². The number of hydrogen-bond acceptors (Lipinski definition) is 4. The predicted molar refractivity (Wildman–Crippen MR) is 109 cm³/mol. The minimum Gasteiger partial charge on any atom is -0.454 e. The van der Waals surface area contributed by atoms with Gasteiger partial charge in [-0.15, -0.1) is 0 Å². The van der Waals surface area contributed by atoms with E-state index in [0.29, 0.717) is 16.0 Å². The Kier molecular flexibility index (Phi) is 5.90. The number of ether oxygens (including phenoxy) is 1. The molecule has 0 bridgehead atoms. The fourth-order valence-corrected chi connectivity index (χ4v) is 3.61. The average Bonchev–Trinajstić information content (AvgIpc) is 3.00. The second-order valence-corrected chi connectivity index (χ2v) is 7.81. The molecular formula is C22H21NO4S. The summed E-state index contributed by atoms with van der Waals surface area (Å²) in [4.78, 5) is 25.4. The summed E-state index contributed by atoms with van der Waals surface area (Å²) in [5, 5.41) is 0. The Labute approximate surface area is 166 Å². The highest BCUT2D eigenvalue weighted by Gasteiger charge is 2.18. The number of Topliss-reactive ketones (excluding diaryl/α,β-unsaturated/α-hetero) is 1. The van der Waals surface area contributed by atoms with Gasteiger partial charge in [-0.2, -0.15) is 0 Å². The fourth-order valence-electron chi connectivity index (χ4n) is 3.09. The number of benzene rings is 2. The first-order valence-electron chi connectivity index (χ1n) is 8.76. The molecule has 0 aliphatic carbocycles. The van der Waals surface area contributed by atoms with E-state index in [-0.39, 0.29) is 12.4 Å².